The van der Waals surface area contributed by atoms with E-state index in [2.05, 4.69) is 44.9 Å². The van der Waals surface area contributed by atoms with E-state index in [1.54, 1.807) is 48.2 Å². The molecule has 4 amide bonds. The van der Waals surface area contributed by atoms with Gasteiger partial charge in [-0.15, -0.1) is 0 Å². The fourth-order valence-corrected chi connectivity index (χ4v) is 7.29. The molecule has 2 aromatic heterocycles. The highest BCUT2D eigenvalue weighted by molar-refractivity contribution is 5.89. The molecule has 0 aliphatic rings. The third-order valence-electron chi connectivity index (χ3n) is 11.7. The third kappa shape index (κ3) is 8.44. The molecule has 0 bridgehead atoms. The van der Waals surface area contributed by atoms with E-state index >= 15 is 0 Å². The lowest BCUT2D eigenvalue weighted by atomic mass is 9.99. The van der Waals surface area contributed by atoms with Gasteiger partial charge in [0.25, 0.3) is 0 Å². The molecule has 0 saturated carbocycles. The van der Waals surface area contributed by atoms with Crippen LogP contribution in [0.1, 0.15) is 62.6 Å². The van der Waals surface area contributed by atoms with E-state index in [1.807, 2.05) is 100 Å². The molecule has 0 spiro atoms. The van der Waals surface area contributed by atoms with Crippen LogP contribution in [-0.2, 0) is 30.1 Å². The number of carbonyl (C=O) groups is 4. The molecule has 7 rings (SSSR count). The summed E-state index contributed by atoms with van der Waals surface area (Å²) in [4.78, 5) is 72.1. The fraction of sp³-hybridized carbons (Fsp3) is 0.250. The van der Waals surface area contributed by atoms with Crippen molar-refractivity contribution in [1.29, 1.82) is 0 Å². The van der Waals surface area contributed by atoms with Crippen LogP contribution in [-0.4, -0.2) is 82.1 Å². The van der Waals surface area contributed by atoms with Crippen LogP contribution in [0.4, 0.5) is 9.59 Å². The Bertz CT molecular complexity index is 2560. The van der Waals surface area contributed by atoms with Gasteiger partial charge in [0, 0.05) is 14.1 Å². The van der Waals surface area contributed by atoms with Crippen molar-refractivity contribution in [2.24, 2.45) is 0 Å². The standard InChI is InChI=1S/C48H50N8O6/c1-47(2,55(5)41(57)39(53-45(59)61-7)31-15-11-9-12-16-31)43-49-35-25-23-33(27-37(35)51-43)29-19-21-30(22-20-29)34-24-26-36-38(28-34)52-44(50-36)48(3,4)56(6)42(58)40(54-46(60)62-8)32-17-13-10-14-18-32/h9-28,39-40H,1-8H3,(H,49,51)(H,50,52)(H,53,59)(H,54,60)/t39-,40-/m1/s1. The number of amides is 4. The first-order chi connectivity index (χ1) is 29.6. The van der Waals surface area contributed by atoms with Crippen LogP contribution in [0.2, 0.25) is 0 Å². The van der Waals surface area contributed by atoms with Gasteiger partial charge in [-0.3, -0.25) is 9.59 Å². The zero-order valence-electron chi connectivity index (χ0n) is 35.9. The lowest BCUT2D eigenvalue weighted by Crippen LogP contribution is -2.49. The Hall–Kier alpha value is -7.48. The Morgan fingerprint density at radius 3 is 1.21 bits per heavy atom. The van der Waals surface area contributed by atoms with E-state index in [9.17, 15) is 19.2 Å². The molecule has 4 N–H and O–H groups in total. The molecule has 14 nitrogen and oxygen atoms in total. The number of imidazole rings is 2. The molecule has 0 radical (unpaired) electrons. The van der Waals surface area contributed by atoms with Crippen LogP contribution >= 0.6 is 0 Å². The Balaban J connectivity index is 1.08. The zero-order valence-corrected chi connectivity index (χ0v) is 35.9. The number of hydrogen-bond donors (Lipinski definition) is 4. The number of aromatic amines is 2. The van der Waals surface area contributed by atoms with Crippen LogP contribution in [0.25, 0.3) is 44.3 Å². The number of carbonyl (C=O) groups excluding carboxylic acids is 4. The van der Waals surface area contributed by atoms with Crippen LogP contribution in [0, 0.1) is 0 Å². The summed E-state index contributed by atoms with van der Waals surface area (Å²) in [5, 5.41) is 5.35. The van der Waals surface area contributed by atoms with Gasteiger partial charge in [-0.2, -0.15) is 0 Å². The second-order valence-electron chi connectivity index (χ2n) is 16.1. The first-order valence-electron chi connectivity index (χ1n) is 20.1. The van der Waals surface area contributed by atoms with Crippen LogP contribution in [0.15, 0.2) is 121 Å². The molecule has 7 aromatic rings. The maximum atomic E-state index is 13.9. The van der Waals surface area contributed by atoms with Gasteiger partial charge < -0.3 is 39.9 Å². The topological polar surface area (TPSA) is 175 Å². The van der Waals surface area contributed by atoms with E-state index < -0.39 is 35.3 Å². The predicted molar refractivity (Wildman–Crippen MR) is 238 cm³/mol. The van der Waals surface area contributed by atoms with Crippen LogP contribution in [0.3, 0.4) is 0 Å². The number of likely N-dealkylation sites (N-methyl/N-ethyl adjacent to an activating group) is 2. The summed E-state index contributed by atoms with van der Waals surface area (Å²) in [5.41, 5.74) is 6.62. The molecule has 14 heteroatoms. The minimum Gasteiger partial charge on any atom is -0.453 e. The minimum atomic E-state index is -0.958. The number of benzene rings is 5. The highest BCUT2D eigenvalue weighted by atomic mass is 16.5. The van der Waals surface area contributed by atoms with Crippen LogP contribution in [0.5, 0.6) is 0 Å². The van der Waals surface area contributed by atoms with Crippen molar-refractivity contribution in [1.82, 2.24) is 40.4 Å². The smallest absolute Gasteiger partial charge is 0.407 e. The number of methoxy groups -OCH3 is 2. The maximum absolute atomic E-state index is 13.9. The first-order valence-corrected chi connectivity index (χ1v) is 20.1. The van der Waals surface area contributed by atoms with E-state index in [4.69, 9.17) is 19.4 Å². The van der Waals surface area contributed by atoms with Crippen molar-refractivity contribution >= 4 is 46.1 Å². The maximum Gasteiger partial charge on any atom is 0.407 e. The summed E-state index contributed by atoms with van der Waals surface area (Å²) in [6, 6.07) is 36.5. The molecular formula is C48H50N8O6. The lowest BCUT2D eigenvalue weighted by Gasteiger charge is -2.36. The van der Waals surface area contributed by atoms with Gasteiger partial charge in [-0.05, 0) is 85.3 Å². The Labute approximate surface area is 359 Å². The molecule has 0 unspecified atom stereocenters. The number of hydrogen-bond acceptors (Lipinski definition) is 8. The summed E-state index contributed by atoms with van der Waals surface area (Å²) >= 11 is 0. The highest BCUT2D eigenvalue weighted by Crippen LogP contribution is 2.34. The second-order valence-corrected chi connectivity index (χ2v) is 16.1. The molecule has 62 heavy (non-hydrogen) atoms. The summed E-state index contributed by atoms with van der Waals surface area (Å²) in [6.07, 6.45) is -1.41. The number of fused-ring (bicyclic) bond motifs is 2. The van der Waals surface area contributed by atoms with Gasteiger partial charge in [0.05, 0.1) is 47.4 Å². The molecule has 0 fully saturated rings. The minimum absolute atomic E-state index is 0.327. The third-order valence-corrected chi connectivity index (χ3v) is 11.7. The SMILES string of the molecule is COC(=O)N[C@@H](C(=O)N(C)C(C)(C)c1nc2ccc(-c3ccc(-c4ccc5nc(C(C)(C)N(C)C(=O)[C@H](NC(=O)OC)c6ccccc6)[nH]c5c4)cc3)cc2[nH]1)c1ccccc1. The van der Waals surface area contributed by atoms with Gasteiger partial charge in [0.15, 0.2) is 0 Å². The highest BCUT2D eigenvalue weighted by Gasteiger charge is 2.39. The number of nitrogens with one attached hydrogen (secondary N) is 4. The largest absolute Gasteiger partial charge is 0.453 e. The number of alkyl carbamates (subject to hydrolysis) is 2. The molecule has 0 aliphatic heterocycles. The van der Waals surface area contributed by atoms with Gasteiger partial charge in [0.1, 0.15) is 23.7 Å². The molecular weight excluding hydrogens is 785 g/mol. The van der Waals surface area contributed by atoms with E-state index in [0.29, 0.717) is 22.8 Å². The van der Waals surface area contributed by atoms with Gasteiger partial charge in [0.2, 0.25) is 11.8 Å². The quantitative estimate of drug-likeness (QED) is 0.0950. The van der Waals surface area contributed by atoms with Crippen molar-refractivity contribution in [2.75, 3.05) is 28.3 Å². The normalized spacial score (nSPS) is 12.6. The van der Waals surface area contributed by atoms with Crippen molar-refractivity contribution in [3.63, 3.8) is 0 Å². The average Bonchev–Trinajstić information content (AvgIpc) is 3.95. The van der Waals surface area contributed by atoms with Crippen molar-refractivity contribution < 1.29 is 28.7 Å². The van der Waals surface area contributed by atoms with E-state index in [-0.39, 0.29) is 11.8 Å². The monoisotopic (exact) mass is 834 g/mol. The Morgan fingerprint density at radius 2 is 0.871 bits per heavy atom. The van der Waals surface area contributed by atoms with Crippen molar-refractivity contribution in [2.45, 2.75) is 50.9 Å². The molecule has 318 valence electrons. The zero-order chi connectivity index (χ0) is 44.3. The number of nitrogens with zero attached hydrogens (tertiary/aromatic N) is 4. The number of rotatable bonds is 12. The van der Waals surface area contributed by atoms with E-state index in [0.717, 1.165) is 44.3 Å². The van der Waals surface area contributed by atoms with Gasteiger partial charge >= 0.3 is 12.2 Å². The van der Waals surface area contributed by atoms with Crippen molar-refractivity contribution in [3.8, 4) is 22.3 Å². The first kappa shape index (κ1) is 42.6. The number of H-pyrrole nitrogens is 2. The van der Waals surface area contributed by atoms with Gasteiger partial charge in [-0.1, -0.05) is 97.1 Å². The predicted octanol–water partition coefficient (Wildman–Crippen LogP) is 8.35. The summed E-state index contributed by atoms with van der Waals surface area (Å²) in [7, 11) is 5.91. The molecule has 0 aliphatic carbocycles. The van der Waals surface area contributed by atoms with Gasteiger partial charge in [-0.25, -0.2) is 19.6 Å². The lowest BCUT2D eigenvalue weighted by molar-refractivity contribution is -0.138. The van der Waals surface area contributed by atoms with Crippen LogP contribution < -0.4 is 10.6 Å². The summed E-state index contributed by atoms with van der Waals surface area (Å²) in [5.74, 6) is 0.525. The molecule has 2 heterocycles. The molecule has 2 atom stereocenters. The number of aromatic nitrogens is 4. The average molecular weight is 835 g/mol. The Kier molecular flexibility index (Phi) is 11.9. The summed E-state index contributed by atoms with van der Waals surface area (Å²) < 4.78 is 9.64. The summed E-state index contributed by atoms with van der Waals surface area (Å²) in [6.45, 7) is 7.61. The molecule has 5 aromatic carbocycles. The second kappa shape index (κ2) is 17.2. The molecule has 0 saturated heterocycles. The fourth-order valence-electron chi connectivity index (χ4n) is 7.29. The Morgan fingerprint density at radius 1 is 0.532 bits per heavy atom. The van der Waals surface area contributed by atoms with E-state index in [1.165, 1.54) is 14.2 Å². The van der Waals surface area contributed by atoms with Crippen molar-refractivity contribution in [3.05, 3.63) is 144 Å². The number of ether oxygens (including phenoxy) is 2.